The van der Waals surface area contributed by atoms with Gasteiger partial charge in [0.15, 0.2) is 0 Å². The average Bonchev–Trinajstić information content (AvgIpc) is 3.21. The van der Waals surface area contributed by atoms with Gasteiger partial charge < -0.3 is 14.6 Å². The van der Waals surface area contributed by atoms with Crippen LogP contribution < -0.4 is 0 Å². The summed E-state index contributed by atoms with van der Waals surface area (Å²) in [5.41, 5.74) is 3.81. The van der Waals surface area contributed by atoms with Crippen molar-refractivity contribution in [3.05, 3.63) is 51.4 Å². The Morgan fingerprint density at radius 2 is 2.07 bits per heavy atom. The molecule has 1 aromatic carbocycles. The highest BCUT2D eigenvalue weighted by molar-refractivity contribution is 9.10. The molecule has 7 nitrogen and oxygen atoms in total. The molecule has 1 aliphatic rings. The van der Waals surface area contributed by atoms with Gasteiger partial charge in [-0.15, -0.1) is 0 Å². The number of fused-ring (bicyclic) bond motifs is 1. The molecule has 2 aromatic heterocycles. The first-order valence-electron chi connectivity index (χ1n) is 9.31. The fourth-order valence-corrected chi connectivity index (χ4v) is 4.32. The molecule has 0 aliphatic carbocycles. The van der Waals surface area contributed by atoms with Crippen molar-refractivity contribution in [1.82, 2.24) is 19.9 Å². The van der Waals surface area contributed by atoms with Crippen molar-refractivity contribution in [2.45, 2.75) is 26.4 Å². The summed E-state index contributed by atoms with van der Waals surface area (Å²) in [5, 5.41) is 14.9. The Hall–Kier alpha value is -2.16. The maximum atomic E-state index is 12.1. The number of benzene rings is 1. The molecule has 1 atom stereocenters. The largest absolute Gasteiger partial charge is 0.480 e. The van der Waals surface area contributed by atoms with Crippen LogP contribution in [0.1, 0.15) is 28.6 Å². The molecule has 1 fully saturated rings. The zero-order chi connectivity index (χ0) is 19.8. The third-order valence-corrected chi connectivity index (χ3v) is 6.03. The highest BCUT2D eigenvalue weighted by atomic mass is 79.9. The van der Waals surface area contributed by atoms with Crippen LogP contribution in [0, 0.1) is 13.8 Å². The third-order valence-electron chi connectivity index (χ3n) is 5.54. The Labute approximate surface area is 171 Å². The number of aromatic nitrogens is 2. The fraction of sp³-hybridized carbons (Fsp3) is 0.400. The highest BCUT2D eigenvalue weighted by Crippen LogP contribution is 2.31. The number of hydrogen-bond acceptors (Lipinski definition) is 5. The van der Waals surface area contributed by atoms with Gasteiger partial charge in [0.05, 0.1) is 5.69 Å². The standard InChI is InChI=1S/C20H23BrN4O3/c1-12-17(13(2)28-23-12)11-24-5-7-25(8-6-24)19(20(26)27)16-10-22-18-9-14(21)3-4-15(16)18/h3-4,9-10,19,22H,5-8,11H2,1-2H3,(H,26,27)/t19-/m0/s1. The lowest BCUT2D eigenvalue weighted by molar-refractivity contribution is -0.144. The van der Waals surface area contributed by atoms with E-state index in [9.17, 15) is 9.90 Å². The smallest absolute Gasteiger partial charge is 0.325 e. The van der Waals surface area contributed by atoms with Crippen LogP contribution in [0.3, 0.4) is 0 Å². The second-order valence-electron chi connectivity index (χ2n) is 7.29. The van der Waals surface area contributed by atoms with Crippen molar-refractivity contribution in [1.29, 1.82) is 0 Å². The molecule has 8 heteroatoms. The van der Waals surface area contributed by atoms with Crippen LogP contribution >= 0.6 is 15.9 Å². The van der Waals surface area contributed by atoms with E-state index in [2.05, 4.69) is 35.9 Å². The molecule has 0 unspecified atom stereocenters. The second-order valence-corrected chi connectivity index (χ2v) is 8.21. The topological polar surface area (TPSA) is 85.6 Å². The monoisotopic (exact) mass is 446 g/mol. The number of halogens is 1. The number of nitrogens with zero attached hydrogens (tertiary/aromatic N) is 3. The first kappa shape index (κ1) is 19.2. The predicted octanol–water partition coefficient (Wildman–Crippen LogP) is 3.48. The number of H-pyrrole nitrogens is 1. The lowest BCUT2D eigenvalue weighted by Gasteiger charge is -2.37. The van der Waals surface area contributed by atoms with Gasteiger partial charge in [0, 0.05) is 65.4 Å². The summed E-state index contributed by atoms with van der Waals surface area (Å²) in [6.45, 7) is 7.68. The zero-order valence-electron chi connectivity index (χ0n) is 15.9. The van der Waals surface area contributed by atoms with Gasteiger partial charge in [-0.3, -0.25) is 14.6 Å². The molecule has 0 saturated carbocycles. The third kappa shape index (κ3) is 3.59. The van der Waals surface area contributed by atoms with E-state index in [0.717, 1.165) is 57.6 Å². The number of aromatic amines is 1. The number of carboxylic acids is 1. The van der Waals surface area contributed by atoms with Gasteiger partial charge in [-0.2, -0.15) is 0 Å². The molecule has 3 aromatic rings. The summed E-state index contributed by atoms with van der Waals surface area (Å²) in [6.07, 6.45) is 1.83. The van der Waals surface area contributed by atoms with E-state index < -0.39 is 12.0 Å². The molecule has 1 aliphatic heterocycles. The quantitative estimate of drug-likeness (QED) is 0.623. The van der Waals surface area contributed by atoms with Gasteiger partial charge in [-0.05, 0) is 26.0 Å². The maximum Gasteiger partial charge on any atom is 0.325 e. The number of aryl methyl sites for hydroxylation is 2. The Bertz CT molecular complexity index is 985. The predicted molar refractivity (Wildman–Crippen MR) is 109 cm³/mol. The van der Waals surface area contributed by atoms with Crippen LogP contribution in [0.15, 0.2) is 33.4 Å². The van der Waals surface area contributed by atoms with Crippen molar-refractivity contribution in [3.63, 3.8) is 0 Å². The molecule has 1 saturated heterocycles. The van der Waals surface area contributed by atoms with E-state index in [-0.39, 0.29) is 0 Å². The van der Waals surface area contributed by atoms with E-state index in [0.29, 0.717) is 13.1 Å². The minimum atomic E-state index is -0.817. The summed E-state index contributed by atoms with van der Waals surface area (Å²) in [4.78, 5) is 19.7. The Morgan fingerprint density at radius 1 is 1.32 bits per heavy atom. The van der Waals surface area contributed by atoms with E-state index in [1.54, 1.807) is 0 Å². The van der Waals surface area contributed by atoms with Crippen molar-refractivity contribution in [3.8, 4) is 0 Å². The normalized spacial score (nSPS) is 17.2. The molecule has 4 rings (SSSR count). The van der Waals surface area contributed by atoms with Crippen LogP contribution in [0.5, 0.6) is 0 Å². The maximum absolute atomic E-state index is 12.1. The van der Waals surface area contributed by atoms with E-state index in [4.69, 9.17) is 4.52 Å². The molecule has 148 valence electrons. The number of rotatable bonds is 5. The summed E-state index contributed by atoms with van der Waals surface area (Å²) in [7, 11) is 0. The van der Waals surface area contributed by atoms with Crippen molar-refractivity contribution >= 4 is 32.8 Å². The molecule has 0 amide bonds. The molecule has 28 heavy (non-hydrogen) atoms. The van der Waals surface area contributed by atoms with Crippen LogP contribution in [0.2, 0.25) is 0 Å². The van der Waals surface area contributed by atoms with Crippen LogP contribution in [-0.4, -0.2) is 57.2 Å². The molecule has 0 bridgehead atoms. The molecular formula is C20H23BrN4O3. The Morgan fingerprint density at radius 3 is 2.71 bits per heavy atom. The SMILES string of the molecule is Cc1noc(C)c1CN1CCN([C@H](C(=O)O)c2c[nH]c3cc(Br)ccc23)CC1. The molecule has 3 heterocycles. The molecule has 0 spiro atoms. The summed E-state index contributed by atoms with van der Waals surface area (Å²) in [6, 6.07) is 5.23. The van der Waals surface area contributed by atoms with Gasteiger partial charge in [0.1, 0.15) is 11.8 Å². The number of nitrogens with one attached hydrogen (secondary N) is 1. The Kier molecular flexibility index (Phi) is 5.27. The van der Waals surface area contributed by atoms with Gasteiger partial charge in [0.25, 0.3) is 0 Å². The lowest BCUT2D eigenvalue weighted by Crippen LogP contribution is -2.48. The van der Waals surface area contributed by atoms with Gasteiger partial charge in [-0.25, -0.2) is 0 Å². The highest BCUT2D eigenvalue weighted by Gasteiger charge is 2.32. The summed E-state index contributed by atoms with van der Waals surface area (Å²) < 4.78 is 6.22. The van der Waals surface area contributed by atoms with E-state index in [1.807, 2.05) is 38.2 Å². The van der Waals surface area contributed by atoms with Gasteiger partial charge in [-0.1, -0.05) is 27.2 Å². The first-order valence-corrected chi connectivity index (χ1v) is 10.1. The number of hydrogen-bond donors (Lipinski definition) is 2. The summed E-state index contributed by atoms with van der Waals surface area (Å²) >= 11 is 3.46. The number of carboxylic acid groups (broad SMARTS) is 1. The fourth-order valence-electron chi connectivity index (χ4n) is 3.96. The second kappa shape index (κ2) is 7.69. The van der Waals surface area contributed by atoms with Crippen molar-refractivity contribution < 1.29 is 14.4 Å². The molecule has 2 N–H and O–H groups in total. The average molecular weight is 447 g/mol. The Balaban J connectivity index is 1.50. The van der Waals surface area contributed by atoms with Crippen molar-refractivity contribution in [2.75, 3.05) is 26.2 Å². The van der Waals surface area contributed by atoms with Gasteiger partial charge in [0.2, 0.25) is 0 Å². The van der Waals surface area contributed by atoms with E-state index >= 15 is 0 Å². The van der Waals surface area contributed by atoms with Crippen LogP contribution in [0.25, 0.3) is 10.9 Å². The van der Waals surface area contributed by atoms with Crippen molar-refractivity contribution in [2.24, 2.45) is 0 Å². The minimum Gasteiger partial charge on any atom is -0.480 e. The number of carbonyl (C=O) groups is 1. The summed E-state index contributed by atoms with van der Waals surface area (Å²) in [5.74, 6) is 0.0382. The molecular weight excluding hydrogens is 424 g/mol. The van der Waals surface area contributed by atoms with E-state index in [1.165, 1.54) is 0 Å². The zero-order valence-corrected chi connectivity index (χ0v) is 17.5. The minimum absolute atomic E-state index is 0.656. The lowest BCUT2D eigenvalue weighted by atomic mass is 10.0. The molecule has 0 radical (unpaired) electrons. The van der Waals surface area contributed by atoms with Crippen LogP contribution in [-0.2, 0) is 11.3 Å². The van der Waals surface area contributed by atoms with Gasteiger partial charge >= 0.3 is 5.97 Å². The van der Waals surface area contributed by atoms with Crippen LogP contribution in [0.4, 0.5) is 0 Å². The number of aliphatic carboxylic acids is 1. The number of piperazine rings is 1. The first-order chi connectivity index (χ1) is 13.4.